The lowest BCUT2D eigenvalue weighted by Crippen LogP contribution is -2.27. The summed E-state index contributed by atoms with van der Waals surface area (Å²) in [7, 11) is 1.47. The second-order valence-corrected chi connectivity index (χ2v) is 11.1. The number of thiocarbonyl (C=S) groups is 1. The first-order valence-electron chi connectivity index (χ1n) is 11.5. The van der Waals surface area contributed by atoms with E-state index in [1.165, 1.54) is 23.8 Å². The van der Waals surface area contributed by atoms with Crippen molar-refractivity contribution in [3.63, 3.8) is 0 Å². The van der Waals surface area contributed by atoms with Crippen LogP contribution in [0.3, 0.4) is 0 Å². The lowest BCUT2D eigenvalue weighted by atomic mass is 10.1. The fraction of sp³-hybridized carbons (Fsp3) is 0.179. The molecule has 4 rings (SSSR count). The van der Waals surface area contributed by atoms with Crippen LogP contribution in [0.4, 0.5) is 11.4 Å². The third kappa shape index (κ3) is 6.15. The summed E-state index contributed by atoms with van der Waals surface area (Å²) in [5.74, 6) is -0.0701. The van der Waals surface area contributed by atoms with Gasteiger partial charge in [0, 0.05) is 10.7 Å². The van der Waals surface area contributed by atoms with Crippen LogP contribution >= 0.6 is 47.2 Å². The van der Waals surface area contributed by atoms with Crippen molar-refractivity contribution in [2.75, 3.05) is 23.9 Å². The molecule has 1 heterocycles. The Kier molecular flexibility index (Phi) is 8.67. The van der Waals surface area contributed by atoms with E-state index in [2.05, 4.69) is 5.32 Å². The topological polar surface area (TPSA) is 67.9 Å². The van der Waals surface area contributed by atoms with Crippen LogP contribution in [0.25, 0.3) is 6.08 Å². The fourth-order valence-corrected chi connectivity index (χ4v) is 5.43. The van der Waals surface area contributed by atoms with Crippen LogP contribution in [-0.2, 0) is 9.59 Å². The maximum atomic E-state index is 13.2. The molecule has 1 aliphatic heterocycles. The molecule has 1 N–H and O–H groups in total. The molecule has 3 aromatic carbocycles. The monoisotopic (exact) mass is 586 g/mol. The Hall–Kier alpha value is -3.04. The normalized spacial score (nSPS) is 14.3. The molecule has 2 amide bonds. The van der Waals surface area contributed by atoms with Crippen molar-refractivity contribution in [2.45, 2.75) is 20.8 Å². The highest BCUT2D eigenvalue weighted by molar-refractivity contribution is 8.27. The Bertz CT molecular complexity index is 1490. The van der Waals surface area contributed by atoms with Gasteiger partial charge in [-0.25, -0.2) is 0 Å². The van der Waals surface area contributed by atoms with Crippen molar-refractivity contribution in [1.82, 2.24) is 0 Å². The highest BCUT2D eigenvalue weighted by Crippen LogP contribution is 2.40. The molecule has 1 aliphatic rings. The number of halogens is 2. The smallest absolute Gasteiger partial charge is 0.270 e. The molecule has 0 bridgehead atoms. The molecule has 1 fully saturated rings. The number of amides is 2. The van der Waals surface area contributed by atoms with E-state index in [9.17, 15) is 9.59 Å². The van der Waals surface area contributed by atoms with Crippen LogP contribution in [0.2, 0.25) is 10.0 Å². The summed E-state index contributed by atoms with van der Waals surface area (Å²) in [5.41, 5.74) is 5.02. The molecule has 0 spiro atoms. The molecule has 0 radical (unpaired) electrons. The quantitative estimate of drug-likeness (QED) is 0.230. The van der Waals surface area contributed by atoms with Gasteiger partial charge in [0.25, 0.3) is 11.8 Å². The van der Waals surface area contributed by atoms with Crippen LogP contribution < -0.4 is 19.7 Å². The number of thioether (sulfide) groups is 1. The van der Waals surface area contributed by atoms with E-state index in [4.69, 9.17) is 44.9 Å². The van der Waals surface area contributed by atoms with E-state index >= 15 is 0 Å². The van der Waals surface area contributed by atoms with Crippen molar-refractivity contribution >= 4 is 80.8 Å². The summed E-state index contributed by atoms with van der Waals surface area (Å²) in [6, 6.07) is 14.3. The summed E-state index contributed by atoms with van der Waals surface area (Å²) in [4.78, 5) is 27.6. The van der Waals surface area contributed by atoms with Gasteiger partial charge in [0.1, 0.15) is 0 Å². The van der Waals surface area contributed by atoms with Crippen molar-refractivity contribution < 1.29 is 19.1 Å². The molecule has 3 aromatic rings. The third-order valence-electron chi connectivity index (χ3n) is 5.90. The van der Waals surface area contributed by atoms with Crippen LogP contribution in [0.15, 0.2) is 53.4 Å². The molecule has 38 heavy (non-hydrogen) atoms. The minimum Gasteiger partial charge on any atom is -0.493 e. The number of methoxy groups -OCH3 is 1. The zero-order valence-electron chi connectivity index (χ0n) is 21.1. The first-order valence-corrected chi connectivity index (χ1v) is 13.5. The summed E-state index contributed by atoms with van der Waals surface area (Å²) in [5, 5.41) is 3.51. The van der Waals surface area contributed by atoms with Crippen LogP contribution in [0, 0.1) is 20.8 Å². The average molecular weight is 588 g/mol. The number of benzene rings is 3. The Labute approximate surface area is 240 Å². The second kappa shape index (κ2) is 11.8. The summed E-state index contributed by atoms with van der Waals surface area (Å²) < 4.78 is 11.6. The van der Waals surface area contributed by atoms with E-state index in [1.807, 2.05) is 45.0 Å². The molecule has 0 saturated carbocycles. The number of hydrogen-bond donors (Lipinski definition) is 1. The van der Waals surface area contributed by atoms with E-state index in [0.717, 1.165) is 22.4 Å². The molecule has 10 heteroatoms. The first kappa shape index (κ1) is 28.0. The number of rotatable bonds is 7. The van der Waals surface area contributed by atoms with Crippen molar-refractivity contribution in [3.05, 3.63) is 85.7 Å². The predicted molar refractivity (Wildman–Crippen MR) is 160 cm³/mol. The lowest BCUT2D eigenvalue weighted by molar-refractivity contribution is -0.118. The van der Waals surface area contributed by atoms with Gasteiger partial charge in [-0.3, -0.25) is 14.5 Å². The molecular formula is C28H24Cl2N2O4S2. The number of nitrogens with zero attached hydrogens (tertiary/aromatic N) is 1. The maximum absolute atomic E-state index is 13.2. The molecule has 0 aromatic heterocycles. The molecule has 196 valence electrons. The van der Waals surface area contributed by atoms with Crippen LogP contribution in [0.5, 0.6) is 11.5 Å². The number of hydrogen-bond acceptors (Lipinski definition) is 6. The number of carbonyl (C=O) groups excluding carboxylic acids is 2. The molecule has 0 atom stereocenters. The number of ether oxygens (including phenoxy) is 2. The number of carbonyl (C=O) groups is 2. The van der Waals surface area contributed by atoms with Gasteiger partial charge < -0.3 is 14.8 Å². The summed E-state index contributed by atoms with van der Waals surface area (Å²) >= 11 is 19.3. The first-order chi connectivity index (χ1) is 18.1. The van der Waals surface area contributed by atoms with Crippen molar-refractivity contribution in [2.24, 2.45) is 0 Å². The molecule has 0 unspecified atom stereocenters. The van der Waals surface area contributed by atoms with E-state index in [-0.39, 0.29) is 29.2 Å². The fourth-order valence-electron chi connectivity index (χ4n) is 3.67. The highest BCUT2D eigenvalue weighted by Gasteiger charge is 2.33. The van der Waals surface area contributed by atoms with Gasteiger partial charge in [-0.05, 0) is 85.5 Å². The number of anilines is 2. The minimum absolute atomic E-state index is 0.214. The Balaban J connectivity index is 1.50. The van der Waals surface area contributed by atoms with Gasteiger partial charge in [-0.15, -0.1) is 0 Å². The summed E-state index contributed by atoms with van der Waals surface area (Å²) in [6.45, 7) is 5.59. The predicted octanol–water partition coefficient (Wildman–Crippen LogP) is 7.35. The van der Waals surface area contributed by atoms with Gasteiger partial charge in [-0.2, -0.15) is 0 Å². The Morgan fingerprint density at radius 2 is 1.76 bits per heavy atom. The zero-order valence-corrected chi connectivity index (χ0v) is 24.2. The number of aryl methyl sites for hydroxylation is 3. The molecular weight excluding hydrogens is 563 g/mol. The Morgan fingerprint density at radius 3 is 2.45 bits per heavy atom. The van der Waals surface area contributed by atoms with Crippen molar-refractivity contribution in [1.29, 1.82) is 0 Å². The molecule has 6 nitrogen and oxygen atoms in total. The average Bonchev–Trinajstić information content (AvgIpc) is 3.14. The van der Waals surface area contributed by atoms with Crippen molar-refractivity contribution in [3.8, 4) is 11.5 Å². The number of nitrogens with one attached hydrogen (secondary N) is 1. The van der Waals surface area contributed by atoms with E-state index in [0.29, 0.717) is 31.2 Å². The van der Waals surface area contributed by atoms with Crippen LogP contribution in [-0.4, -0.2) is 29.9 Å². The second-order valence-electron chi connectivity index (χ2n) is 8.62. The van der Waals surface area contributed by atoms with Gasteiger partial charge in [-0.1, -0.05) is 59.3 Å². The largest absolute Gasteiger partial charge is 0.493 e. The summed E-state index contributed by atoms with van der Waals surface area (Å²) in [6.07, 6.45) is 1.70. The van der Waals surface area contributed by atoms with Gasteiger partial charge >= 0.3 is 0 Å². The van der Waals surface area contributed by atoms with Crippen LogP contribution in [0.1, 0.15) is 22.3 Å². The van der Waals surface area contributed by atoms with E-state index < -0.39 is 0 Å². The van der Waals surface area contributed by atoms with Gasteiger partial charge in [0.15, 0.2) is 22.4 Å². The highest BCUT2D eigenvalue weighted by atomic mass is 35.5. The maximum Gasteiger partial charge on any atom is 0.270 e. The zero-order chi connectivity index (χ0) is 27.6. The third-order valence-corrected chi connectivity index (χ3v) is 7.89. The van der Waals surface area contributed by atoms with Gasteiger partial charge in [0.2, 0.25) is 0 Å². The molecule has 1 saturated heterocycles. The lowest BCUT2D eigenvalue weighted by Gasteiger charge is -2.16. The van der Waals surface area contributed by atoms with E-state index in [1.54, 1.807) is 30.3 Å². The SMILES string of the molecule is COc1cc(/C=C2\SC(=S)N(c3ccc(C)c(C)c3)C2=O)cc(Cl)c1OCC(=O)Nc1ccc(C)c(Cl)c1. The standard InChI is InChI=1S/C28H24Cl2N2O4S2/c1-15-6-8-20(9-17(15)3)32-27(34)24(38-28(32)37)12-18-10-22(30)26(23(11-18)35-4)36-14-25(33)31-19-7-5-16(2)21(29)13-19/h5-13H,14H2,1-4H3,(H,31,33)/b24-12-. The molecule has 0 aliphatic carbocycles. The Morgan fingerprint density at radius 1 is 1.03 bits per heavy atom. The van der Waals surface area contributed by atoms with Gasteiger partial charge in [0.05, 0.1) is 22.7 Å². The minimum atomic E-state index is -0.387.